The topological polar surface area (TPSA) is 112 Å². The summed E-state index contributed by atoms with van der Waals surface area (Å²) < 4.78 is 22.1. The molecule has 0 heterocycles. The first kappa shape index (κ1) is 30.5. The van der Waals surface area contributed by atoms with Crippen molar-refractivity contribution in [3.8, 4) is 0 Å². The van der Waals surface area contributed by atoms with E-state index in [0.29, 0.717) is 0 Å². The summed E-state index contributed by atoms with van der Waals surface area (Å²) in [6.45, 7) is 10.6. The van der Waals surface area contributed by atoms with Crippen molar-refractivity contribution in [1.29, 1.82) is 0 Å². The molecule has 2 N–H and O–H groups in total. The average Bonchev–Trinajstić information content (AvgIpc) is 2.88. The predicted molar refractivity (Wildman–Crippen MR) is 143 cm³/mol. The summed E-state index contributed by atoms with van der Waals surface area (Å²) in [5.74, 6) is -1.35. The summed E-state index contributed by atoms with van der Waals surface area (Å²) >= 11 is 0. The molecule has 0 saturated heterocycles. The van der Waals surface area contributed by atoms with Gasteiger partial charge in [0, 0.05) is 0 Å². The molecule has 0 aliphatic rings. The van der Waals surface area contributed by atoms with Crippen LogP contribution in [0.4, 0.5) is 4.79 Å². The van der Waals surface area contributed by atoms with Crippen LogP contribution in [0.2, 0.25) is 0 Å². The highest BCUT2D eigenvalue weighted by Gasteiger charge is 2.33. The number of nitrogens with one attached hydrogen (secondary N) is 2. The Hall–Kier alpha value is -3.69. The van der Waals surface area contributed by atoms with E-state index in [9.17, 15) is 14.4 Å². The van der Waals surface area contributed by atoms with Crippen LogP contribution < -0.4 is 10.6 Å². The van der Waals surface area contributed by atoms with Crippen LogP contribution in [-0.4, -0.2) is 55.0 Å². The van der Waals surface area contributed by atoms with Crippen LogP contribution in [0.5, 0.6) is 0 Å². The van der Waals surface area contributed by atoms with E-state index >= 15 is 0 Å². The molecule has 206 valence electrons. The van der Waals surface area contributed by atoms with E-state index in [2.05, 4.69) is 17.2 Å². The van der Waals surface area contributed by atoms with Crippen LogP contribution in [0.1, 0.15) is 38.8 Å². The largest absolute Gasteiger partial charge is 0.460 e. The molecule has 2 aromatic rings. The van der Waals surface area contributed by atoms with Gasteiger partial charge < -0.3 is 29.6 Å². The maximum absolute atomic E-state index is 13.4. The smallest absolute Gasteiger partial charge is 0.408 e. The van der Waals surface area contributed by atoms with Gasteiger partial charge >= 0.3 is 12.1 Å². The summed E-state index contributed by atoms with van der Waals surface area (Å²) in [5, 5.41) is 5.21. The molecule has 0 fully saturated rings. The number of carbonyl (C=O) groups excluding carboxylic acids is 3. The van der Waals surface area contributed by atoms with Gasteiger partial charge in [-0.15, -0.1) is 0 Å². The van der Waals surface area contributed by atoms with Crippen LogP contribution in [0.25, 0.3) is 0 Å². The summed E-state index contributed by atoms with van der Waals surface area (Å²) in [5.41, 5.74) is 1.03. The number of hydrogen-bond acceptors (Lipinski definition) is 7. The van der Waals surface area contributed by atoms with E-state index in [0.717, 1.165) is 11.1 Å². The number of esters is 1. The zero-order valence-corrected chi connectivity index (χ0v) is 22.5. The second-order valence-corrected chi connectivity index (χ2v) is 9.61. The second-order valence-electron chi connectivity index (χ2n) is 9.61. The van der Waals surface area contributed by atoms with Gasteiger partial charge in [-0.05, 0) is 38.8 Å². The van der Waals surface area contributed by atoms with E-state index in [1.54, 1.807) is 27.7 Å². The van der Waals surface area contributed by atoms with Crippen molar-refractivity contribution in [2.24, 2.45) is 0 Å². The fourth-order valence-corrected chi connectivity index (χ4v) is 3.27. The van der Waals surface area contributed by atoms with Gasteiger partial charge in [-0.3, -0.25) is 4.79 Å². The number of rotatable bonds is 14. The Morgan fingerprint density at radius 1 is 0.921 bits per heavy atom. The van der Waals surface area contributed by atoms with Crippen molar-refractivity contribution in [3.05, 3.63) is 84.4 Å². The van der Waals surface area contributed by atoms with Gasteiger partial charge in [-0.25, -0.2) is 9.59 Å². The summed E-state index contributed by atoms with van der Waals surface area (Å²) in [4.78, 5) is 38.6. The molecule has 2 rings (SSSR count). The van der Waals surface area contributed by atoms with Crippen LogP contribution in [0, 0.1) is 0 Å². The standard InChI is InChI=1S/C29H38N2O7/c1-6-17-36-27(33)24(20-35-18-22-13-9-7-10-14-22)30-26(32)25(31-28(34)38-29(3,4)5)21(2)37-19-23-15-11-8-12-16-23/h6-16,21,24-25H,1,17-20H2,2-5H3,(H,30,32)(H,31,34)/t21-,24-,25-/m0/s1. The molecule has 0 saturated carbocycles. The number of hydrogen-bond donors (Lipinski definition) is 2. The molecule has 38 heavy (non-hydrogen) atoms. The lowest BCUT2D eigenvalue weighted by atomic mass is 10.1. The van der Waals surface area contributed by atoms with Crippen LogP contribution >= 0.6 is 0 Å². The lowest BCUT2D eigenvalue weighted by Crippen LogP contribution is -2.57. The van der Waals surface area contributed by atoms with Crippen molar-refractivity contribution < 1.29 is 33.3 Å². The number of carbonyl (C=O) groups is 3. The van der Waals surface area contributed by atoms with E-state index in [1.165, 1.54) is 6.08 Å². The highest BCUT2D eigenvalue weighted by Crippen LogP contribution is 2.11. The molecule has 0 radical (unpaired) electrons. The molecule has 9 heteroatoms. The highest BCUT2D eigenvalue weighted by atomic mass is 16.6. The fourth-order valence-electron chi connectivity index (χ4n) is 3.27. The maximum Gasteiger partial charge on any atom is 0.408 e. The third kappa shape index (κ3) is 11.6. The maximum atomic E-state index is 13.4. The minimum Gasteiger partial charge on any atom is -0.460 e. The van der Waals surface area contributed by atoms with Crippen molar-refractivity contribution in [2.75, 3.05) is 13.2 Å². The predicted octanol–water partition coefficient (Wildman–Crippen LogP) is 3.92. The second kappa shape index (κ2) is 15.5. The highest BCUT2D eigenvalue weighted by molar-refractivity contribution is 5.90. The Morgan fingerprint density at radius 2 is 1.50 bits per heavy atom. The Balaban J connectivity index is 2.13. The molecule has 3 atom stereocenters. The first-order valence-electron chi connectivity index (χ1n) is 12.4. The lowest BCUT2D eigenvalue weighted by Gasteiger charge is -2.28. The summed E-state index contributed by atoms with van der Waals surface area (Å²) in [6, 6.07) is 16.5. The molecule has 2 aromatic carbocycles. The Kier molecular flexibility index (Phi) is 12.5. The molecular formula is C29H38N2O7. The quantitative estimate of drug-likeness (QED) is 0.283. The summed E-state index contributed by atoms with van der Waals surface area (Å²) in [7, 11) is 0. The van der Waals surface area contributed by atoms with E-state index in [-0.39, 0.29) is 26.4 Å². The number of ether oxygens (including phenoxy) is 4. The van der Waals surface area contributed by atoms with Crippen LogP contribution in [0.3, 0.4) is 0 Å². The lowest BCUT2D eigenvalue weighted by molar-refractivity contribution is -0.149. The van der Waals surface area contributed by atoms with Crippen LogP contribution in [0.15, 0.2) is 73.3 Å². The Morgan fingerprint density at radius 3 is 2.05 bits per heavy atom. The zero-order chi connectivity index (χ0) is 28.0. The van der Waals surface area contributed by atoms with Crippen molar-refractivity contribution in [1.82, 2.24) is 10.6 Å². The molecule has 0 bridgehead atoms. The molecule has 0 aromatic heterocycles. The molecule has 0 aliphatic carbocycles. The van der Waals surface area contributed by atoms with Crippen molar-refractivity contribution >= 4 is 18.0 Å². The van der Waals surface area contributed by atoms with E-state index in [1.807, 2.05) is 60.7 Å². The van der Waals surface area contributed by atoms with Gasteiger partial charge in [0.15, 0.2) is 6.04 Å². The minimum atomic E-state index is -1.17. The van der Waals surface area contributed by atoms with Gasteiger partial charge in [-0.1, -0.05) is 73.3 Å². The van der Waals surface area contributed by atoms with Gasteiger partial charge in [0.1, 0.15) is 18.2 Å². The minimum absolute atomic E-state index is 0.0277. The first-order chi connectivity index (χ1) is 18.1. The molecule has 2 amide bonds. The monoisotopic (exact) mass is 526 g/mol. The Labute approximate surface area is 224 Å². The van der Waals surface area contributed by atoms with Gasteiger partial charge in [0.2, 0.25) is 5.91 Å². The molecular weight excluding hydrogens is 488 g/mol. The van der Waals surface area contributed by atoms with Gasteiger partial charge in [0.25, 0.3) is 0 Å². The summed E-state index contributed by atoms with van der Waals surface area (Å²) in [6.07, 6.45) is -0.134. The third-order valence-corrected chi connectivity index (χ3v) is 5.12. The molecule has 0 spiro atoms. The zero-order valence-electron chi connectivity index (χ0n) is 22.5. The fraction of sp³-hybridized carbons (Fsp3) is 0.414. The number of amides is 2. The normalized spacial score (nSPS) is 13.5. The van der Waals surface area contributed by atoms with Crippen molar-refractivity contribution in [2.45, 2.75) is 64.7 Å². The van der Waals surface area contributed by atoms with E-state index in [4.69, 9.17) is 18.9 Å². The molecule has 9 nitrogen and oxygen atoms in total. The van der Waals surface area contributed by atoms with Crippen molar-refractivity contribution in [3.63, 3.8) is 0 Å². The number of alkyl carbamates (subject to hydrolysis) is 1. The van der Waals surface area contributed by atoms with Gasteiger partial charge in [-0.2, -0.15) is 0 Å². The molecule has 0 unspecified atom stereocenters. The molecule has 0 aliphatic heterocycles. The Bertz CT molecular complexity index is 1020. The SMILES string of the molecule is C=CCOC(=O)[C@H](COCc1ccccc1)NC(=O)[C@@H](NC(=O)OC(C)(C)C)[C@H](C)OCc1ccccc1. The number of benzene rings is 2. The van der Waals surface area contributed by atoms with Gasteiger partial charge in [0.05, 0.1) is 25.9 Å². The van der Waals surface area contributed by atoms with Crippen LogP contribution in [-0.2, 0) is 41.8 Å². The average molecular weight is 527 g/mol. The third-order valence-electron chi connectivity index (χ3n) is 5.12. The first-order valence-corrected chi connectivity index (χ1v) is 12.4. The van der Waals surface area contributed by atoms with E-state index < -0.39 is 41.8 Å².